The maximum atomic E-state index is 6.26. The fourth-order valence-electron chi connectivity index (χ4n) is 2.68. The number of rotatable bonds is 7. The van der Waals surface area contributed by atoms with Gasteiger partial charge in [0, 0.05) is 21.6 Å². The molecule has 0 radical (unpaired) electrons. The van der Waals surface area contributed by atoms with Crippen molar-refractivity contribution in [1.82, 2.24) is 10.3 Å². The van der Waals surface area contributed by atoms with Gasteiger partial charge in [-0.2, -0.15) is 0 Å². The lowest BCUT2D eigenvalue weighted by Gasteiger charge is -2.43. The van der Waals surface area contributed by atoms with Crippen LogP contribution in [0.15, 0.2) is 18.2 Å². The second-order valence-corrected chi connectivity index (χ2v) is 6.33. The van der Waals surface area contributed by atoms with Crippen molar-refractivity contribution >= 4 is 23.2 Å². The minimum atomic E-state index is -0.0682. The number of halogens is 2. The van der Waals surface area contributed by atoms with Gasteiger partial charge in [-0.1, -0.05) is 43.1 Å². The number of nitrogens with one attached hydrogen (secondary N) is 1. The third-order valence-electron chi connectivity index (χ3n) is 4.07. The van der Waals surface area contributed by atoms with E-state index in [9.17, 15) is 0 Å². The molecule has 0 saturated heterocycles. The Balaban J connectivity index is 2.96. The summed E-state index contributed by atoms with van der Waals surface area (Å²) in [7, 11) is 0. The normalized spacial score (nSPS) is 13.8. The summed E-state index contributed by atoms with van der Waals surface area (Å²) in [5.74, 6) is 5.79. The number of hydrogen-bond acceptors (Lipinski definition) is 3. The average Bonchev–Trinajstić information content (AvgIpc) is 2.38. The predicted molar refractivity (Wildman–Crippen MR) is 88.3 cm³/mol. The highest BCUT2D eigenvalue weighted by Gasteiger charge is 2.33. The molecule has 1 aromatic rings. The Bertz CT molecular complexity index is 431. The maximum absolute atomic E-state index is 6.26. The number of nitrogens with two attached hydrogens (primary N) is 1. The molecule has 20 heavy (non-hydrogen) atoms. The highest BCUT2D eigenvalue weighted by atomic mass is 35.5. The summed E-state index contributed by atoms with van der Waals surface area (Å²) in [6.07, 6.45) is 0.760. The summed E-state index contributed by atoms with van der Waals surface area (Å²) in [6.45, 7) is 10.7. The number of nitrogens with zero attached hydrogens (tertiary/aromatic N) is 1. The molecule has 0 amide bonds. The van der Waals surface area contributed by atoms with Gasteiger partial charge in [0.05, 0.1) is 0 Å². The van der Waals surface area contributed by atoms with E-state index in [1.54, 1.807) is 6.07 Å². The highest BCUT2D eigenvalue weighted by Crippen LogP contribution is 2.26. The van der Waals surface area contributed by atoms with Crippen molar-refractivity contribution in [2.75, 3.05) is 13.1 Å². The monoisotopic (exact) mass is 317 g/mol. The molecule has 1 atom stereocenters. The van der Waals surface area contributed by atoms with Gasteiger partial charge in [-0.25, -0.2) is 0 Å². The van der Waals surface area contributed by atoms with Crippen LogP contribution in [0.25, 0.3) is 0 Å². The van der Waals surface area contributed by atoms with Gasteiger partial charge in [-0.3, -0.25) is 16.2 Å². The third kappa shape index (κ3) is 4.09. The minimum Gasteiger partial charge on any atom is -0.297 e. The van der Waals surface area contributed by atoms with E-state index < -0.39 is 0 Å². The van der Waals surface area contributed by atoms with Crippen LogP contribution in [0.4, 0.5) is 0 Å². The number of hydrazine groups is 1. The van der Waals surface area contributed by atoms with Gasteiger partial charge in [0.15, 0.2) is 0 Å². The summed E-state index contributed by atoms with van der Waals surface area (Å²) in [6, 6.07) is 5.70. The van der Waals surface area contributed by atoms with Gasteiger partial charge in [-0.15, -0.1) is 0 Å². The Hall–Kier alpha value is -0.320. The standard InChI is InChI=1S/C15H25Cl2N3/c1-5-20(6-2)15(3,4)14(19-18)9-11-7-8-12(16)10-13(11)17/h7-8,10,14,19H,5-6,9,18H2,1-4H3. The van der Waals surface area contributed by atoms with Gasteiger partial charge < -0.3 is 0 Å². The van der Waals surface area contributed by atoms with Crippen molar-refractivity contribution in [2.45, 2.75) is 45.7 Å². The molecule has 3 N–H and O–H groups in total. The lowest BCUT2D eigenvalue weighted by atomic mass is 9.88. The summed E-state index contributed by atoms with van der Waals surface area (Å²) in [5, 5.41) is 1.34. The largest absolute Gasteiger partial charge is 0.297 e. The lowest BCUT2D eigenvalue weighted by molar-refractivity contribution is 0.0912. The van der Waals surface area contributed by atoms with E-state index in [0.29, 0.717) is 10.0 Å². The topological polar surface area (TPSA) is 41.3 Å². The van der Waals surface area contributed by atoms with Crippen LogP contribution in [0, 0.1) is 0 Å². The molecule has 114 valence electrons. The van der Waals surface area contributed by atoms with Crippen molar-refractivity contribution in [3.05, 3.63) is 33.8 Å². The fourth-order valence-corrected chi connectivity index (χ4v) is 3.16. The first-order chi connectivity index (χ1) is 9.36. The molecule has 0 aromatic heterocycles. The Morgan fingerprint density at radius 3 is 2.30 bits per heavy atom. The molecule has 0 spiro atoms. The SMILES string of the molecule is CCN(CC)C(C)(C)C(Cc1ccc(Cl)cc1Cl)NN. The number of benzene rings is 1. The van der Waals surface area contributed by atoms with Crippen LogP contribution < -0.4 is 11.3 Å². The number of hydrogen-bond donors (Lipinski definition) is 2. The average molecular weight is 318 g/mol. The molecule has 0 saturated carbocycles. The van der Waals surface area contributed by atoms with Crippen molar-refractivity contribution in [2.24, 2.45) is 5.84 Å². The van der Waals surface area contributed by atoms with Gasteiger partial charge in [0.1, 0.15) is 0 Å². The van der Waals surface area contributed by atoms with Crippen LogP contribution in [-0.2, 0) is 6.42 Å². The molecule has 0 aliphatic heterocycles. The molecule has 1 aromatic carbocycles. The molecule has 0 heterocycles. The summed E-state index contributed by atoms with van der Waals surface area (Å²) in [5.41, 5.74) is 3.94. The van der Waals surface area contributed by atoms with E-state index in [-0.39, 0.29) is 11.6 Å². The molecule has 0 aliphatic carbocycles. The second kappa shape index (κ2) is 7.62. The summed E-state index contributed by atoms with van der Waals surface area (Å²) in [4.78, 5) is 2.39. The second-order valence-electron chi connectivity index (χ2n) is 5.49. The van der Waals surface area contributed by atoms with E-state index in [2.05, 4.69) is 38.0 Å². The molecule has 1 unspecified atom stereocenters. The van der Waals surface area contributed by atoms with Gasteiger partial charge >= 0.3 is 0 Å². The summed E-state index contributed by atoms with van der Waals surface area (Å²) < 4.78 is 0. The van der Waals surface area contributed by atoms with Crippen LogP contribution in [-0.4, -0.2) is 29.6 Å². The van der Waals surface area contributed by atoms with E-state index in [0.717, 1.165) is 25.1 Å². The fraction of sp³-hybridized carbons (Fsp3) is 0.600. The zero-order valence-electron chi connectivity index (χ0n) is 12.7. The van der Waals surface area contributed by atoms with Crippen molar-refractivity contribution < 1.29 is 0 Å². The van der Waals surface area contributed by atoms with Crippen molar-refractivity contribution in [3.8, 4) is 0 Å². The van der Waals surface area contributed by atoms with E-state index in [1.165, 1.54) is 0 Å². The zero-order valence-corrected chi connectivity index (χ0v) is 14.2. The Morgan fingerprint density at radius 1 is 1.25 bits per heavy atom. The lowest BCUT2D eigenvalue weighted by Crippen LogP contribution is -2.60. The smallest absolute Gasteiger partial charge is 0.0453 e. The van der Waals surface area contributed by atoms with Crippen LogP contribution in [0.1, 0.15) is 33.3 Å². The van der Waals surface area contributed by atoms with Crippen molar-refractivity contribution in [3.63, 3.8) is 0 Å². The molecular formula is C15H25Cl2N3. The Labute approximate surface area is 132 Å². The van der Waals surface area contributed by atoms with E-state index in [4.69, 9.17) is 29.0 Å². The van der Waals surface area contributed by atoms with Gasteiger partial charge in [0.25, 0.3) is 0 Å². The highest BCUT2D eigenvalue weighted by molar-refractivity contribution is 6.35. The van der Waals surface area contributed by atoms with Crippen LogP contribution in [0.2, 0.25) is 10.0 Å². The maximum Gasteiger partial charge on any atom is 0.0453 e. The summed E-state index contributed by atoms with van der Waals surface area (Å²) >= 11 is 12.2. The number of likely N-dealkylation sites (N-methyl/N-ethyl adjacent to an activating group) is 1. The minimum absolute atomic E-state index is 0.0682. The predicted octanol–water partition coefficient (Wildman–Crippen LogP) is 3.49. The molecule has 0 fully saturated rings. The molecule has 1 rings (SSSR count). The Kier molecular flexibility index (Phi) is 6.76. The first-order valence-electron chi connectivity index (χ1n) is 7.01. The molecule has 5 heteroatoms. The van der Waals surface area contributed by atoms with Crippen LogP contribution in [0.3, 0.4) is 0 Å². The first-order valence-corrected chi connectivity index (χ1v) is 7.77. The van der Waals surface area contributed by atoms with Crippen molar-refractivity contribution in [1.29, 1.82) is 0 Å². The van der Waals surface area contributed by atoms with Gasteiger partial charge in [0.2, 0.25) is 0 Å². The van der Waals surface area contributed by atoms with E-state index in [1.807, 2.05) is 12.1 Å². The molecule has 0 bridgehead atoms. The molecule has 0 aliphatic rings. The third-order valence-corrected chi connectivity index (χ3v) is 4.66. The van der Waals surface area contributed by atoms with E-state index >= 15 is 0 Å². The molecular weight excluding hydrogens is 293 g/mol. The van der Waals surface area contributed by atoms with Crippen LogP contribution in [0.5, 0.6) is 0 Å². The van der Waals surface area contributed by atoms with Gasteiger partial charge in [-0.05, 0) is 51.1 Å². The Morgan fingerprint density at radius 2 is 1.85 bits per heavy atom. The first kappa shape index (κ1) is 17.7. The molecule has 3 nitrogen and oxygen atoms in total. The van der Waals surface area contributed by atoms with Crippen LogP contribution >= 0.6 is 23.2 Å². The quantitative estimate of drug-likeness (QED) is 0.597. The zero-order chi connectivity index (χ0) is 15.3.